The lowest BCUT2D eigenvalue weighted by molar-refractivity contribution is -0.870. The maximum atomic E-state index is 12.9. The van der Waals surface area contributed by atoms with Gasteiger partial charge in [-0.25, -0.2) is 4.57 Å². The Balaban J connectivity index is 3.82. The molecular weight excluding hydrogens is 1230 g/mol. The highest BCUT2D eigenvalue weighted by Crippen LogP contribution is 2.43. The molecule has 0 aliphatic rings. The fraction of sp³-hybridized carbons (Fsp3) is 0.977. The molecule has 0 aromatic rings. The lowest BCUT2D eigenvalue weighted by Crippen LogP contribution is -2.37. The van der Waals surface area contributed by atoms with Crippen LogP contribution in [0.4, 0.5) is 0 Å². The van der Waals surface area contributed by atoms with Crippen molar-refractivity contribution in [2.75, 3.05) is 47.5 Å². The quantitative estimate of drug-likeness (QED) is 0.0278. The zero-order valence-electron chi connectivity index (χ0n) is 67.3. The zero-order valence-corrected chi connectivity index (χ0v) is 68.2. The Morgan fingerprint density at radius 2 is 0.459 bits per heavy atom. The number of carbonyl (C=O) groups is 2. The zero-order chi connectivity index (χ0) is 71.1. The van der Waals surface area contributed by atoms with Crippen LogP contribution in [-0.4, -0.2) is 74.9 Å². The van der Waals surface area contributed by atoms with E-state index >= 15 is 0 Å². The van der Waals surface area contributed by atoms with Crippen molar-refractivity contribution in [2.45, 2.75) is 508 Å². The number of likely N-dealkylation sites (N-methyl/N-ethyl adjacent to an activating group) is 1. The highest BCUT2D eigenvalue weighted by Gasteiger charge is 2.27. The first-order valence-corrected chi connectivity index (χ1v) is 46.3. The van der Waals surface area contributed by atoms with Crippen LogP contribution >= 0.6 is 7.82 Å². The summed E-state index contributed by atoms with van der Waals surface area (Å²) in [6.07, 6.45) is 102. The molecule has 0 aliphatic heterocycles. The first-order chi connectivity index (χ1) is 48.0. The van der Waals surface area contributed by atoms with Crippen LogP contribution in [-0.2, 0) is 32.7 Å². The molecule has 98 heavy (non-hydrogen) atoms. The average Bonchev–Trinajstić information content (AvgIpc) is 1.23. The van der Waals surface area contributed by atoms with Crippen molar-refractivity contribution in [3.8, 4) is 0 Å². The van der Waals surface area contributed by atoms with Crippen LogP contribution in [0.5, 0.6) is 0 Å². The molecule has 1 N–H and O–H groups in total. The largest absolute Gasteiger partial charge is 0.472 e. The van der Waals surface area contributed by atoms with E-state index in [4.69, 9.17) is 18.5 Å². The molecule has 10 heteroatoms. The predicted molar refractivity (Wildman–Crippen MR) is 428 cm³/mol. The Bertz CT molecular complexity index is 1610. The second kappa shape index (κ2) is 80.1. The standard InChI is InChI=1S/C88H176NO8P/c1-6-8-10-12-14-16-18-20-22-24-26-28-30-32-34-36-38-40-42-43-44-45-47-49-51-53-55-57-59-61-63-65-67-69-71-73-75-77-79-81-88(91)97-86(85-96-98(92,93)95-83-82-89(3,4)5)84-94-87(90)80-78-76-74-72-70-68-66-64-62-60-58-56-54-52-50-48-46-41-39-37-35-33-31-29-27-25-23-21-19-17-15-13-11-9-7-2/h86H,6-85H2,1-5H3/p+1. The van der Waals surface area contributed by atoms with Gasteiger partial charge in [0, 0.05) is 12.8 Å². The summed E-state index contributed by atoms with van der Waals surface area (Å²) < 4.78 is 34.9. The minimum atomic E-state index is -4.39. The van der Waals surface area contributed by atoms with Gasteiger partial charge in [0.15, 0.2) is 6.10 Å². The van der Waals surface area contributed by atoms with Crippen LogP contribution in [0.2, 0.25) is 0 Å². The van der Waals surface area contributed by atoms with Crippen LogP contribution in [0.3, 0.4) is 0 Å². The first kappa shape index (κ1) is 97.0. The van der Waals surface area contributed by atoms with Crippen molar-refractivity contribution in [1.29, 1.82) is 0 Å². The van der Waals surface area contributed by atoms with Crippen LogP contribution in [0.1, 0.15) is 502 Å². The van der Waals surface area contributed by atoms with Crippen LogP contribution in [0.25, 0.3) is 0 Å². The molecule has 0 radical (unpaired) electrons. The Morgan fingerprint density at radius 1 is 0.276 bits per heavy atom. The van der Waals surface area contributed by atoms with Crippen molar-refractivity contribution in [1.82, 2.24) is 0 Å². The summed E-state index contributed by atoms with van der Waals surface area (Å²) in [6, 6.07) is 0. The van der Waals surface area contributed by atoms with Crippen molar-refractivity contribution >= 4 is 19.8 Å². The predicted octanol–water partition coefficient (Wildman–Crippen LogP) is 30.0. The molecule has 0 rings (SSSR count). The fourth-order valence-corrected chi connectivity index (χ4v) is 15.1. The van der Waals surface area contributed by atoms with E-state index in [1.807, 2.05) is 21.1 Å². The third-order valence-electron chi connectivity index (χ3n) is 21.1. The Labute approximate surface area is 614 Å². The summed E-state index contributed by atoms with van der Waals surface area (Å²) in [5.41, 5.74) is 0. The number of carbonyl (C=O) groups excluding carboxylic acids is 2. The number of phosphoric ester groups is 1. The Kier molecular flexibility index (Phi) is 79.3. The van der Waals surface area contributed by atoms with E-state index in [1.54, 1.807) is 0 Å². The monoisotopic (exact) mass is 1410 g/mol. The summed E-state index contributed by atoms with van der Waals surface area (Å²) >= 11 is 0. The van der Waals surface area contributed by atoms with Gasteiger partial charge in [0.2, 0.25) is 0 Å². The van der Waals surface area contributed by atoms with E-state index in [-0.39, 0.29) is 25.6 Å². The highest BCUT2D eigenvalue weighted by atomic mass is 31.2. The third kappa shape index (κ3) is 84.0. The minimum absolute atomic E-state index is 0.0380. The summed E-state index contributed by atoms with van der Waals surface area (Å²) in [6.45, 7) is 4.55. The number of rotatable bonds is 86. The molecule has 0 amide bonds. The molecule has 0 aliphatic carbocycles. The van der Waals surface area contributed by atoms with Crippen LogP contribution < -0.4 is 0 Å². The van der Waals surface area contributed by atoms with Crippen LogP contribution in [0, 0.1) is 0 Å². The maximum Gasteiger partial charge on any atom is 0.472 e. The maximum absolute atomic E-state index is 12.9. The van der Waals surface area contributed by atoms with E-state index < -0.39 is 26.5 Å². The van der Waals surface area contributed by atoms with Gasteiger partial charge in [-0.15, -0.1) is 0 Å². The third-order valence-corrected chi connectivity index (χ3v) is 22.1. The van der Waals surface area contributed by atoms with E-state index in [0.717, 1.165) is 38.5 Å². The summed E-state index contributed by atoms with van der Waals surface area (Å²) in [4.78, 5) is 36.0. The molecular formula is C88H177NO8P+. The molecule has 0 aromatic heterocycles. The first-order valence-electron chi connectivity index (χ1n) is 44.8. The normalized spacial score (nSPS) is 12.8. The van der Waals surface area contributed by atoms with E-state index in [9.17, 15) is 19.0 Å². The van der Waals surface area contributed by atoms with E-state index in [0.29, 0.717) is 17.4 Å². The number of hydrogen-bond donors (Lipinski definition) is 1. The summed E-state index contributed by atoms with van der Waals surface area (Å²) in [7, 11) is 1.51. The van der Waals surface area contributed by atoms with E-state index in [1.165, 1.54) is 437 Å². The molecule has 0 spiro atoms. The number of phosphoric acid groups is 1. The minimum Gasteiger partial charge on any atom is -0.462 e. The van der Waals surface area contributed by atoms with Gasteiger partial charge in [0.05, 0.1) is 27.7 Å². The van der Waals surface area contributed by atoms with E-state index in [2.05, 4.69) is 13.8 Å². The van der Waals surface area contributed by atoms with Gasteiger partial charge in [-0.3, -0.25) is 18.6 Å². The van der Waals surface area contributed by atoms with Gasteiger partial charge in [-0.1, -0.05) is 476 Å². The molecule has 0 saturated heterocycles. The molecule has 9 nitrogen and oxygen atoms in total. The summed E-state index contributed by atoms with van der Waals surface area (Å²) in [5, 5.41) is 0. The van der Waals surface area contributed by atoms with Crippen molar-refractivity contribution in [3.05, 3.63) is 0 Å². The van der Waals surface area contributed by atoms with Gasteiger partial charge in [-0.2, -0.15) is 0 Å². The SMILES string of the molecule is CCCCCCCCCCCCCCCCCCCCCCCCCCCCCCCCCCCCCCCCCC(=O)OC(COC(=O)CCCCCCCCCCCCCCCCCCCCCCCCCCCCCCCCCCCCC)COP(=O)(O)OCC[N+](C)(C)C. The Morgan fingerprint density at radius 3 is 0.653 bits per heavy atom. The molecule has 2 atom stereocenters. The molecule has 0 aromatic carbocycles. The van der Waals surface area contributed by atoms with Gasteiger partial charge >= 0.3 is 19.8 Å². The second-order valence-corrected chi connectivity index (χ2v) is 33.8. The van der Waals surface area contributed by atoms with Crippen molar-refractivity contribution < 1.29 is 42.1 Å². The number of hydrogen-bond acceptors (Lipinski definition) is 7. The van der Waals surface area contributed by atoms with Crippen molar-refractivity contribution in [3.63, 3.8) is 0 Å². The van der Waals surface area contributed by atoms with Crippen LogP contribution in [0.15, 0.2) is 0 Å². The lowest BCUT2D eigenvalue weighted by atomic mass is 10.0. The lowest BCUT2D eigenvalue weighted by Gasteiger charge is -2.24. The highest BCUT2D eigenvalue weighted by molar-refractivity contribution is 7.47. The second-order valence-electron chi connectivity index (χ2n) is 32.4. The Hall–Kier alpha value is -0.990. The van der Waals surface area contributed by atoms with Gasteiger partial charge in [0.25, 0.3) is 0 Å². The van der Waals surface area contributed by atoms with Crippen molar-refractivity contribution in [2.24, 2.45) is 0 Å². The molecule has 0 fully saturated rings. The number of nitrogens with zero attached hydrogens (tertiary/aromatic N) is 1. The molecule has 0 saturated carbocycles. The van der Waals surface area contributed by atoms with Gasteiger partial charge in [-0.05, 0) is 12.8 Å². The number of ether oxygens (including phenoxy) is 2. The average molecular weight is 1410 g/mol. The molecule has 0 bridgehead atoms. The fourth-order valence-electron chi connectivity index (χ4n) is 14.3. The smallest absolute Gasteiger partial charge is 0.462 e. The van der Waals surface area contributed by atoms with Gasteiger partial charge < -0.3 is 18.9 Å². The molecule has 2 unspecified atom stereocenters. The van der Waals surface area contributed by atoms with Gasteiger partial charge in [0.1, 0.15) is 19.8 Å². The summed E-state index contributed by atoms with van der Waals surface area (Å²) in [5.74, 6) is -0.762. The topological polar surface area (TPSA) is 108 Å². The number of esters is 2. The number of quaternary nitrogens is 1. The number of unbranched alkanes of at least 4 members (excludes halogenated alkanes) is 72. The molecule has 586 valence electrons. The molecule has 0 heterocycles.